The monoisotopic (exact) mass is 436 g/mol. The minimum atomic E-state index is 0.145. The van der Waals surface area contributed by atoms with Crippen LogP contribution in [0.15, 0.2) is 115 Å². The fraction of sp³-hybridized carbons (Fsp3) is 0.118. The topological polar surface area (TPSA) is 0 Å². The largest absolute Gasteiger partial charge is 0.0622 e. The second kappa shape index (κ2) is 7.85. The summed E-state index contributed by atoms with van der Waals surface area (Å²) in [7, 11) is 0. The molecular weight excluding hydrogens is 408 g/mol. The lowest BCUT2D eigenvalue weighted by atomic mass is 9.84. The molecule has 0 amide bonds. The molecule has 0 N–H and O–H groups in total. The van der Waals surface area contributed by atoms with Gasteiger partial charge in [0.15, 0.2) is 0 Å². The van der Waals surface area contributed by atoms with Crippen LogP contribution in [-0.4, -0.2) is 0 Å². The van der Waals surface area contributed by atoms with Gasteiger partial charge in [-0.2, -0.15) is 0 Å². The van der Waals surface area contributed by atoms with Crippen molar-refractivity contribution in [1.82, 2.24) is 0 Å². The van der Waals surface area contributed by atoms with E-state index in [0.717, 1.165) is 0 Å². The van der Waals surface area contributed by atoms with E-state index in [1.165, 1.54) is 60.1 Å². The summed E-state index contributed by atoms with van der Waals surface area (Å²) in [6.45, 7) is 6.82. The number of fused-ring (bicyclic) bond motifs is 3. The zero-order chi connectivity index (χ0) is 23.3. The molecule has 0 spiro atoms. The molecule has 6 aromatic rings. The van der Waals surface area contributed by atoms with Gasteiger partial charge in [-0.05, 0) is 71.6 Å². The average Bonchev–Trinajstić information content (AvgIpc) is 2.86. The summed E-state index contributed by atoms with van der Waals surface area (Å²) in [6, 6.07) is 42.3. The van der Waals surface area contributed by atoms with E-state index in [4.69, 9.17) is 0 Å². The Hall–Kier alpha value is -3.90. The molecule has 6 rings (SSSR count). The Morgan fingerprint density at radius 2 is 0.882 bits per heavy atom. The van der Waals surface area contributed by atoms with E-state index in [2.05, 4.69) is 136 Å². The maximum atomic E-state index is 2.36. The predicted octanol–water partition coefficient (Wildman–Crippen LogP) is 9.78. The van der Waals surface area contributed by atoms with Crippen LogP contribution in [0, 0.1) is 0 Å². The van der Waals surface area contributed by atoms with Gasteiger partial charge in [-0.15, -0.1) is 0 Å². The molecule has 34 heavy (non-hydrogen) atoms. The van der Waals surface area contributed by atoms with E-state index in [0.29, 0.717) is 0 Å². The molecule has 0 aliphatic heterocycles. The van der Waals surface area contributed by atoms with Crippen LogP contribution < -0.4 is 0 Å². The molecule has 0 radical (unpaired) electrons. The molecule has 0 heterocycles. The number of hydrogen-bond acceptors (Lipinski definition) is 0. The van der Waals surface area contributed by atoms with Crippen LogP contribution in [0.1, 0.15) is 26.3 Å². The molecule has 0 bridgehead atoms. The fourth-order valence-corrected chi connectivity index (χ4v) is 5.22. The standard InChI is InChI=1S/C34H28/c1-34(2,3)27-20-19-24-21-26(18-17-25(24)22-27)33-30-15-9-7-13-28(30)32(23-11-5-4-6-12-23)29-14-8-10-16-31(29)33/h4-22H,1-3H3. The zero-order valence-electron chi connectivity index (χ0n) is 20.0. The summed E-state index contributed by atoms with van der Waals surface area (Å²) in [6.07, 6.45) is 0. The van der Waals surface area contributed by atoms with Gasteiger partial charge in [-0.1, -0.05) is 130 Å². The van der Waals surface area contributed by atoms with E-state index in [-0.39, 0.29) is 5.41 Å². The van der Waals surface area contributed by atoms with Gasteiger partial charge in [0, 0.05) is 0 Å². The first-order valence-electron chi connectivity index (χ1n) is 12.0. The van der Waals surface area contributed by atoms with Crippen molar-refractivity contribution in [3.05, 3.63) is 121 Å². The summed E-state index contributed by atoms with van der Waals surface area (Å²) < 4.78 is 0. The molecular formula is C34H28. The van der Waals surface area contributed by atoms with Crippen LogP contribution in [0.3, 0.4) is 0 Å². The van der Waals surface area contributed by atoms with Gasteiger partial charge in [0.25, 0.3) is 0 Å². The average molecular weight is 437 g/mol. The van der Waals surface area contributed by atoms with Gasteiger partial charge in [0.1, 0.15) is 0 Å². The summed E-state index contributed by atoms with van der Waals surface area (Å²) in [4.78, 5) is 0. The fourth-order valence-electron chi connectivity index (χ4n) is 5.22. The van der Waals surface area contributed by atoms with E-state index >= 15 is 0 Å². The Kier molecular flexibility index (Phi) is 4.78. The SMILES string of the molecule is CC(C)(C)c1ccc2cc(-c3c4ccccc4c(-c4ccccc4)c4ccccc34)ccc2c1. The highest BCUT2D eigenvalue weighted by atomic mass is 14.2. The van der Waals surface area contributed by atoms with Crippen molar-refractivity contribution >= 4 is 32.3 Å². The Labute approximate surface area is 201 Å². The minimum absolute atomic E-state index is 0.145. The molecule has 0 saturated heterocycles. The molecule has 0 aliphatic carbocycles. The number of rotatable bonds is 2. The van der Waals surface area contributed by atoms with Crippen molar-refractivity contribution in [1.29, 1.82) is 0 Å². The van der Waals surface area contributed by atoms with Crippen LogP contribution in [0.25, 0.3) is 54.6 Å². The lowest BCUT2D eigenvalue weighted by Crippen LogP contribution is -2.10. The molecule has 0 atom stereocenters. The third-order valence-corrected chi connectivity index (χ3v) is 6.99. The summed E-state index contributed by atoms with van der Waals surface area (Å²) in [5.41, 5.74) is 6.67. The zero-order valence-corrected chi connectivity index (χ0v) is 20.0. The number of benzene rings is 6. The molecule has 0 saturated carbocycles. The molecule has 0 aromatic heterocycles. The quantitative estimate of drug-likeness (QED) is 0.237. The second-order valence-electron chi connectivity index (χ2n) is 10.2. The first-order chi connectivity index (χ1) is 16.5. The maximum Gasteiger partial charge on any atom is -0.00262 e. The highest BCUT2D eigenvalue weighted by molar-refractivity contribution is 6.21. The van der Waals surface area contributed by atoms with Crippen molar-refractivity contribution in [2.24, 2.45) is 0 Å². The molecule has 0 heteroatoms. The van der Waals surface area contributed by atoms with E-state index in [1.54, 1.807) is 0 Å². The molecule has 0 unspecified atom stereocenters. The van der Waals surface area contributed by atoms with Crippen molar-refractivity contribution in [3.8, 4) is 22.3 Å². The lowest BCUT2D eigenvalue weighted by molar-refractivity contribution is 0.591. The van der Waals surface area contributed by atoms with E-state index in [1.807, 2.05) is 0 Å². The van der Waals surface area contributed by atoms with Crippen LogP contribution in [0.2, 0.25) is 0 Å². The molecule has 0 fully saturated rings. The van der Waals surface area contributed by atoms with Crippen LogP contribution in [0.5, 0.6) is 0 Å². The van der Waals surface area contributed by atoms with Gasteiger partial charge in [-0.25, -0.2) is 0 Å². The summed E-state index contributed by atoms with van der Waals surface area (Å²) in [5.74, 6) is 0. The Balaban J connectivity index is 1.67. The predicted molar refractivity (Wildman–Crippen MR) is 149 cm³/mol. The maximum absolute atomic E-state index is 2.36. The van der Waals surface area contributed by atoms with Gasteiger partial charge in [0.05, 0.1) is 0 Å². The van der Waals surface area contributed by atoms with E-state index < -0.39 is 0 Å². The second-order valence-corrected chi connectivity index (χ2v) is 10.2. The summed E-state index contributed by atoms with van der Waals surface area (Å²) >= 11 is 0. The van der Waals surface area contributed by atoms with Crippen LogP contribution in [-0.2, 0) is 5.41 Å². The molecule has 0 aliphatic rings. The van der Waals surface area contributed by atoms with Crippen molar-refractivity contribution in [3.63, 3.8) is 0 Å². The first-order valence-corrected chi connectivity index (χ1v) is 12.0. The Morgan fingerprint density at radius 3 is 1.44 bits per heavy atom. The van der Waals surface area contributed by atoms with Crippen molar-refractivity contribution < 1.29 is 0 Å². The smallest absolute Gasteiger partial charge is 0.00262 e. The third kappa shape index (κ3) is 3.38. The first kappa shape index (κ1) is 20.7. The lowest BCUT2D eigenvalue weighted by Gasteiger charge is -2.20. The number of hydrogen-bond donors (Lipinski definition) is 0. The van der Waals surface area contributed by atoms with Crippen molar-refractivity contribution in [2.75, 3.05) is 0 Å². The van der Waals surface area contributed by atoms with Crippen LogP contribution >= 0.6 is 0 Å². The minimum Gasteiger partial charge on any atom is -0.0622 e. The summed E-state index contributed by atoms with van der Waals surface area (Å²) in [5, 5.41) is 7.77. The van der Waals surface area contributed by atoms with Gasteiger partial charge in [-0.3, -0.25) is 0 Å². The van der Waals surface area contributed by atoms with E-state index in [9.17, 15) is 0 Å². The molecule has 6 aromatic carbocycles. The van der Waals surface area contributed by atoms with Gasteiger partial charge < -0.3 is 0 Å². The van der Waals surface area contributed by atoms with Gasteiger partial charge >= 0.3 is 0 Å². The van der Waals surface area contributed by atoms with Crippen LogP contribution in [0.4, 0.5) is 0 Å². The molecule has 164 valence electrons. The Bertz CT molecular complexity index is 1610. The normalized spacial score (nSPS) is 12.0. The Morgan fingerprint density at radius 1 is 0.412 bits per heavy atom. The highest BCUT2D eigenvalue weighted by Crippen LogP contribution is 2.44. The highest BCUT2D eigenvalue weighted by Gasteiger charge is 2.17. The van der Waals surface area contributed by atoms with Gasteiger partial charge in [0.2, 0.25) is 0 Å². The third-order valence-electron chi connectivity index (χ3n) is 6.99. The molecule has 0 nitrogen and oxygen atoms in total. The van der Waals surface area contributed by atoms with Crippen molar-refractivity contribution in [2.45, 2.75) is 26.2 Å².